The number of rotatable bonds is 3. The molecule has 0 saturated carbocycles. The molecule has 110 valence electrons. The second kappa shape index (κ2) is 5.53. The Morgan fingerprint density at radius 1 is 1.50 bits per heavy atom. The summed E-state index contributed by atoms with van der Waals surface area (Å²) < 4.78 is 43.6. The molecule has 0 spiro atoms. The van der Waals surface area contributed by atoms with Crippen molar-refractivity contribution in [2.24, 2.45) is 5.73 Å². The fourth-order valence-corrected chi connectivity index (χ4v) is 2.23. The van der Waals surface area contributed by atoms with E-state index >= 15 is 0 Å². The third kappa shape index (κ3) is 3.01. The van der Waals surface area contributed by atoms with Gasteiger partial charge in [0.1, 0.15) is 16.5 Å². The van der Waals surface area contributed by atoms with Gasteiger partial charge in [0.2, 0.25) is 0 Å². The number of nitrogens with zero attached hydrogens (tertiary/aromatic N) is 2. The van der Waals surface area contributed by atoms with Crippen molar-refractivity contribution < 1.29 is 17.9 Å². The molecule has 1 aliphatic heterocycles. The summed E-state index contributed by atoms with van der Waals surface area (Å²) >= 11 is 4.88. The Morgan fingerprint density at radius 3 is 2.70 bits per heavy atom. The molecular formula is C12H14F3N3OS. The minimum absolute atomic E-state index is 0.0204. The van der Waals surface area contributed by atoms with E-state index in [0.29, 0.717) is 18.8 Å². The smallest absolute Gasteiger partial charge is 0.389 e. The van der Waals surface area contributed by atoms with Gasteiger partial charge < -0.3 is 15.4 Å². The van der Waals surface area contributed by atoms with Crippen LogP contribution in [0.2, 0.25) is 0 Å². The van der Waals surface area contributed by atoms with Gasteiger partial charge in [-0.3, -0.25) is 0 Å². The zero-order chi connectivity index (χ0) is 14.9. The Balaban J connectivity index is 2.43. The number of alkyl halides is 3. The first-order valence-corrected chi connectivity index (χ1v) is 6.40. The van der Waals surface area contributed by atoms with E-state index in [2.05, 4.69) is 4.98 Å². The first-order valence-electron chi connectivity index (χ1n) is 5.99. The minimum atomic E-state index is -4.50. The first-order chi connectivity index (χ1) is 9.30. The van der Waals surface area contributed by atoms with Gasteiger partial charge in [0.05, 0.1) is 18.2 Å². The van der Waals surface area contributed by atoms with Crippen LogP contribution in [-0.2, 0) is 10.9 Å². The van der Waals surface area contributed by atoms with Gasteiger partial charge in [-0.2, -0.15) is 13.2 Å². The van der Waals surface area contributed by atoms with Crippen molar-refractivity contribution in [1.29, 1.82) is 0 Å². The maximum Gasteiger partial charge on any atom is 0.433 e. The molecule has 4 nitrogen and oxygen atoms in total. The molecule has 2 heterocycles. The van der Waals surface area contributed by atoms with E-state index in [4.69, 9.17) is 22.7 Å². The lowest BCUT2D eigenvalue weighted by Crippen LogP contribution is -2.34. The molecule has 0 radical (unpaired) electrons. The highest BCUT2D eigenvalue weighted by atomic mass is 32.1. The average molecular weight is 305 g/mol. The Kier molecular flexibility index (Phi) is 4.14. The minimum Gasteiger partial charge on any atom is -0.389 e. The van der Waals surface area contributed by atoms with Crippen molar-refractivity contribution in [2.45, 2.75) is 18.6 Å². The number of anilines is 1. The number of pyridine rings is 1. The van der Waals surface area contributed by atoms with Crippen molar-refractivity contribution in [3.05, 3.63) is 23.4 Å². The quantitative estimate of drug-likeness (QED) is 0.865. The van der Waals surface area contributed by atoms with E-state index in [1.807, 2.05) is 0 Å². The summed E-state index contributed by atoms with van der Waals surface area (Å²) in [4.78, 5) is 5.36. The predicted molar refractivity (Wildman–Crippen MR) is 72.8 cm³/mol. The normalized spacial score (nSPS) is 19.1. The summed E-state index contributed by atoms with van der Waals surface area (Å²) in [5.41, 5.74) is 4.94. The molecule has 1 aliphatic rings. The first kappa shape index (κ1) is 15.0. The number of hydrogen-bond acceptors (Lipinski definition) is 4. The second-order valence-electron chi connectivity index (χ2n) is 4.56. The lowest BCUT2D eigenvalue weighted by molar-refractivity contribution is -0.141. The van der Waals surface area contributed by atoms with Crippen LogP contribution in [0.1, 0.15) is 17.7 Å². The molecule has 1 fully saturated rings. The summed E-state index contributed by atoms with van der Waals surface area (Å²) in [7, 11) is 1.67. The molecule has 0 aromatic carbocycles. The molecular weight excluding hydrogens is 291 g/mol. The van der Waals surface area contributed by atoms with E-state index in [1.165, 1.54) is 6.07 Å². The molecule has 2 rings (SSSR count). The largest absolute Gasteiger partial charge is 0.433 e. The second-order valence-corrected chi connectivity index (χ2v) is 5.00. The molecule has 0 aliphatic carbocycles. The molecule has 8 heteroatoms. The van der Waals surface area contributed by atoms with Crippen molar-refractivity contribution in [1.82, 2.24) is 4.98 Å². The topological polar surface area (TPSA) is 51.4 Å². The Hall–Kier alpha value is -1.41. The van der Waals surface area contributed by atoms with Crippen molar-refractivity contribution in [3.8, 4) is 0 Å². The van der Waals surface area contributed by atoms with E-state index in [1.54, 1.807) is 11.9 Å². The molecule has 0 bridgehead atoms. The highest BCUT2D eigenvalue weighted by Gasteiger charge is 2.34. The van der Waals surface area contributed by atoms with Crippen LogP contribution in [0.5, 0.6) is 0 Å². The van der Waals surface area contributed by atoms with Gasteiger partial charge in [-0.25, -0.2) is 4.98 Å². The number of likely N-dealkylation sites (N-methyl/N-ethyl adjacent to an activating group) is 1. The number of ether oxygens (including phenoxy) is 1. The summed E-state index contributed by atoms with van der Waals surface area (Å²) in [6.45, 7) is 1.03. The van der Waals surface area contributed by atoms with Crippen molar-refractivity contribution >= 4 is 23.0 Å². The molecule has 1 unspecified atom stereocenters. The monoisotopic (exact) mass is 305 g/mol. The molecule has 2 N–H and O–H groups in total. The summed E-state index contributed by atoms with van der Waals surface area (Å²) in [5, 5.41) is 0. The van der Waals surface area contributed by atoms with E-state index in [0.717, 1.165) is 12.5 Å². The molecule has 1 saturated heterocycles. The SMILES string of the molecule is CN(c1nc(C(F)(F)F)ccc1C(N)=S)C1CCOC1. The maximum absolute atomic E-state index is 12.8. The predicted octanol–water partition coefficient (Wildman–Crippen LogP) is 1.96. The van der Waals surface area contributed by atoms with E-state index < -0.39 is 11.9 Å². The maximum atomic E-state index is 12.8. The fourth-order valence-electron chi connectivity index (χ4n) is 2.07. The standard InChI is InChI=1S/C12H14F3N3OS/c1-18(7-4-5-19-6-7)11-8(10(16)20)2-3-9(17-11)12(13,14)15/h2-3,7H,4-6H2,1H3,(H2,16,20). The number of hydrogen-bond donors (Lipinski definition) is 1. The fraction of sp³-hybridized carbons (Fsp3) is 0.500. The van der Waals surface area contributed by atoms with Gasteiger partial charge in [0.25, 0.3) is 0 Å². The van der Waals surface area contributed by atoms with Crippen LogP contribution in [0.4, 0.5) is 19.0 Å². The van der Waals surface area contributed by atoms with Gasteiger partial charge in [0.15, 0.2) is 0 Å². The van der Waals surface area contributed by atoms with Crippen LogP contribution in [0.3, 0.4) is 0 Å². The molecule has 0 amide bonds. The Morgan fingerprint density at radius 2 is 2.20 bits per heavy atom. The van der Waals surface area contributed by atoms with Crippen molar-refractivity contribution in [3.63, 3.8) is 0 Å². The average Bonchev–Trinajstić information content (AvgIpc) is 2.89. The van der Waals surface area contributed by atoms with Crippen LogP contribution in [0, 0.1) is 0 Å². The Bertz CT molecular complexity index is 515. The van der Waals surface area contributed by atoms with Gasteiger partial charge in [-0.05, 0) is 18.6 Å². The van der Waals surface area contributed by atoms with Gasteiger partial charge in [0, 0.05) is 13.7 Å². The summed E-state index contributed by atoms with van der Waals surface area (Å²) in [6, 6.07) is 2.12. The molecule has 1 aromatic heterocycles. The number of aromatic nitrogens is 1. The molecule has 1 aromatic rings. The van der Waals surface area contributed by atoms with Crippen LogP contribution in [0.25, 0.3) is 0 Å². The van der Waals surface area contributed by atoms with Crippen LogP contribution in [-0.4, -0.2) is 36.3 Å². The van der Waals surface area contributed by atoms with Gasteiger partial charge in [-0.15, -0.1) is 0 Å². The van der Waals surface area contributed by atoms with Gasteiger partial charge in [-0.1, -0.05) is 12.2 Å². The van der Waals surface area contributed by atoms with E-state index in [-0.39, 0.29) is 16.8 Å². The highest BCUT2D eigenvalue weighted by Crippen LogP contribution is 2.31. The summed E-state index contributed by atoms with van der Waals surface area (Å²) in [5.74, 6) is 0.142. The number of nitrogens with two attached hydrogens (primary N) is 1. The Labute approximate surface area is 119 Å². The lowest BCUT2D eigenvalue weighted by atomic mass is 10.1. The third-order valence-corrected chi connectivity index (χ3v) is 3.44. The third-order valence-electron chi connectivity index (χ3n) is 3.22. The van der Waals surface area contributed by atoms with Crippen LogP contribution >= 0.6 is 12.2 Å². The number of thiocarbonyl (C=S) groups is 1. The van der Waals surface area contributed by atoms with Crippen LogP contribution in [0.15, 0.2) is 12.1 Å². The zero-order valence-electron chi connectivity index (χ0n) is 10.8. The zero-order valence-corrected chi connectivity index (χ0v) is 11.6. The highest BCUT2D eigenvalue weighted by molar-refractivity contribution is 7.80. The summed E-state index contributed by atoms with van der Waals surface area (Å²) in [6.07, 6.45) is -3.78. The van der Waals surface area contributed by atoms with Crippen molar-refractivity contribution in [2.75, 3.05) is 25.2 Å². The molecule has 20 heavy (non-hydrogen) atoms. The van der Waals surface area contributed by atoms with E-state index in [9.17, 15) is 13.2 Å². The molecule has 1 atom stereocenters. The lowest BCUT2D eigenvalue weighted by Gasteiger charge is -2.27. The van der Waals surface area contributed by atoms with Crippen LogP contribution < -0.4 is 10.6 Å². The van der Waals surface area contributed by atoms with Gasteiger partial charge >= 0.3 is 6.18 Å². The number of halogens is 3.